The van der Waals surface area contributed by atoms with E-state index in [0.29, 0.717) is 11.8 Å². The predicted octanol–water partition coefficient (Wildman–Crippen LogP) is 2.51. The molecule has 0 amide bonds. The first kappa shape index (κ1) is 12.2. The molecule has 0 spiro atoms. The Morgan fingerprint density at radius 1 is 1.00 bits per heavy atom. The number of aromatic hydroxyl groups is 1. The van der Waals surface area contributed by atoms with Crippen molar-refractivity contribution in [2.45, 2.75) is 0 Å². The number of carbonyl (C=O) groups is 1. The first-order valence-corrected chi connectivity index (χ1v) is 6.10. The van der Waals surface area contributed by atoms with Crippen LogP contribution in [0.5, 0.6) is 5.75 Å². The van der Waals surface area contributed by atoms with E-state index in [1.807, 2.05) is 30.3 Å². The number of aromatic nitrogens is 1. The van der Waals surface area contributed by atoms with Crippen molar-refractivity contribution in [1.29, 1.82) is 0 Å². The van der Waals surface area contributed by atoms with E-state index in [0.717, 1.165) is 5.69 Å². The Kier molecular flexibility index (Phi) is 2.84. The molecule has 3 aromatic rings. The van der Waals surface area contributed by atoms with Crippen LogP contribution in [0.4, 0.5) is 0 Å². The number of nitrogens with zero attached hydrogens (tertiary/aromatic N) is 1. The number of phenols is 1. The first-order valence-electron chi connectivity index (χ1n) is 6.10. The number of carbonyl (C=O) groups excluding carboxylic acids is 1. The molecule has 0 aliphatic rings. The molecule has 0 bridgehead atoms. The fourth-order valence-electron chi connectivity index (χ4n) is 2.26. The highest BCUT2D eigenvalue weighted by Gasteiger charge is 2.12. The van der Waals surface area contributed by atoms with E-state index >= 15 is 0 Å². The maximum Gasteiger partial charge on any atom is 0.203 e. The van der Waals surface area contributed by atoms with E-state index in [9.17, 15) is 14.7 Å². The van der Waals surface area contributed by atoms with Crippen molar-refractivity contribution in [3.63, 3.8) is 0 Å². The SMILES string of the molecule is O=Cc1cn(-c2ccccc2)c2cccc(O)c2c1=O. The van der Waals surface area contributed by atoms with Gasteiger partial charge in [0.15, 0.2) is 6.29 Å². The molecule has 4 nitrogen and oxygen atoms in total. The molecule has 0 unspecified atom stereocenters. The Bertz CT molecular complexity index is 851. The van der Waals surface area contributed by atoms with E-state index in [2.05, 4.69) is 0 Å². The molecule has 4 heteroatoms. The lowest BCUT2D eigenvalue weighted by Crippen LogP contribution is -2.13. The molecule has 20 heavy (non-hydrogen) atoms. The van der Waals surface area contributed by atoms with E-state index in [1.54, 1.807) is 16.7 Å². The van der Waals surface area contributed by atoms with Crippen LogP contribution in [0.2, 0.25) is 0 Å². The smallest absolute Gasteiger partial charge is 0.203 e. The summed E-state index contributed by atoms with van der Waals surface area (Å²) in [5.41, 5.74) is 0.932. The molecule has 98 valence electrons. The van der Waals surface area contributed by atoms with Gasteiger partial charge in [0.25, 0.3) is 0 Å². The quantitative estimate of drug-likeness (QED) is 0.724. The van der Waals surface area contributed by atoms with Gasteiger partial charge >= 0.3 is 0 Å². The number of rotatable bonds is 2. The van der Waals surface area contributed by atoms with Gasteiger partial charge in [-0.1, -0.05) is 24.3 Å². The zero-order chi connectivity index (χ0) is 14.1. The Morgan fingerprint density at radius 2 is 1.75 bits per heavy atom. The lowest BCUT2D eigenvalue weighted by atomic mass is 10.1. The molecule has 1 N–H and O–H groups in total. The molecule has 0 aliphatic carbocycles. The summed E-state index contributed by atoms with van der Waals surface area (Å²) in [5.74, 6) is -0.124. The van der Waals surface area contributed by atoms with Crippen LogP contribution in [-0.4, -0.2) is 16.0 Å². The molecule has 0 saturated heterocycles. The summed E-state index contributed by atoms with van der Waals surface area (Å²) in [5, 5.41) is 10.1. The fourth-order valence-corrected chi connectivity index (χ4v) is 2.26. The highest BCUT2D eigenvalue weighted by molar-refractivity contribution is 5.91. The van der Waals surface area contributed by atoms with E-state index in [4.69, 9.17) is 0 Å². The largest absolute Gasteiger partial charge is 0.507 e. The topological polar surface area (TPSA) is 59.3 Å². The summed E-state index contributed by atoms with van der Waals surface area (Å²) in [7, 11) is 0. The molecule has 0 aliphatic heterocycles. The number of pyridine rings is 1. The van der Waals surface area contributed by atoms with Gasteiger partial charge in [-0.05, 0) is 24.3 Å². The molecule has 1 heterocycles. The monoisotopic (exact) mass is 265 g/mol. The highest BCUT2D eigenvalue weighted by Crippen LogP contribution is 2.23. The third-order valence-corrected chi connectivity index (χ3v) is 3.20. The molecule has 2 aromatic carbocycles. The summed E-state index contributed by atoms with van der Waals surface area (Å²) >= 11 is 0. The van der Waals surface area contributed by atoms with E-state index in [-0.39, 0.29) is 16.7 Å². The number of para-hydroxylation sites is 1. The Morgan fingerprint density at radius 3 is 2.45 bits per heavy atom. The minimum Gasteiger partial charge on any atom is -0.507 e. The number of aldehydes is 1. The van der Waals surface area contributed by atoms with E-state index < -0.39 is 5.43 Å². The maximum atomic E-state index is 12.2. The minimum atomic E-state index is -0.458. The van der Waals surface area contributed by atoms with Crippen molar-refractivity contribution in [3.05, 3.63) is 70.5 Å². The number of hydrogen-bond acceptors (Lipinski definition) is 3. The Hall–Kier alpha value is -2.88. The molecule has 0 saturated carbocycles. The van der Waals surface area contributed by atoms with Gasteiger partial charge in [0.1, 0.15) is 5.75 Å². The first-order chi connectivity index (χ1) is 9.72. The molecular weight excluding hydrogens is 254 g/mol. The summed E-state index contributed by atoms with van der Waals surface area (Å²) < 4.78 is 1.72. The molecule has 0 atom stereocenters. The summed E-state index contributed by atoms with van der Waals surface area (Å²) in [6.07, 6.45) is 2.00. The van der Waals surface area contributed by atoms with Crippen LogP contribution in [0, 0.1) is 0 Å². The van der Waals surface area contributed by atoms with Crippen molar-refractivity contribution >= 4 is 17.2 Å². The van der Waals surface area contributed by atoms with Crippen LogP contribution in [0.25, 0.3) is 16.6 Å². The second kappa shape index (κ2) is 4.66. The summed E-state index contributed by atoms with van der Waals surface area (Å²) in [4.78, 5) is 23.2. The predicted molar refractivity (Wildman–Crippen MR) is 76.6 cm³/mol. The average Bonchev–Trinajstić information content (AvgIpc) is 2.48. The Labute approximate surface area is 114 Å². The second-order valence-corrected chi connectivity index (χ2v) is 4.41. The van der Waals surface area contributed by atoms with Gasteiger partial charge in [-0.15, -0.1) is 0 Å². The van der Waals surface area contributed by atoms with E-state index in [1.165, 1.54) is 12.3 Å². The summed E-state index contributed by atoms with van der Waals surface area (Å²) in [6.45, 7) is 0. The second-order valence-electron chi connectivity index (χ2n) is 4.41. The molecule has 3 rings (SSSR count). The zero-order valence-electron chi connectivity index (χ0n) is 10.5. The van der Waals surface area contributed by atoms with Gasteiger partial charge in [-0.3, -0.25) is 9.59 Å². The van der Waals surface area contributed by atoms with Crippen molar-refractivity contribution in [2.24, 2.45) is 0 Å². The lowest BCUT2D eigenvalue weighted by Gasteiger charge is -2.12. The number of benzene rings is 2. The normalized spacial score (nSPS) is 10.6. The molecule has 0 radical (unpaired) electrons. The van der Waals surface area contributed by atoms with Crippen LogP contribution >= 0.6 is 0 Å². The molecular formula is C16H11NO3. The van der Waals surface area contributed by atoms with Crippen LogP contribution in [-0.2, 0) is 0 Å². The Balaban J connectivity index is 2.50. The molecule has 0 fully saturated rings. The standard InChI is InChI=1S/C16H11NO3/c18-10-11-9-17(12-5-2-1-3-6-12)13-7-4-8-14(19)15(13)16(11)20/h1-10,19H. The van der Waals surface area contributed by atoms with Crippen molar-refractivity contribution in [2.75, 3.05) is 0 Å². The van der Waals surface area contributed by atoms with Crippen LogP contribution in [0.1, 0.15) is 10.4 Å². The van der Waals surface area contributed by atoms with Gasteiger partial charge in [-0.25, -0.2) is 0 Å². The maximum absolute atomic E-state index is 12.2. The minimum absolute atomic E-state index is 0.0165. The average molecular weight is 265 g/mol. The number of fused-ring (bicyclic) bond motifs is 1. The third-order valence-electron chi connectivity index (χ3n) is 3.20. The van der Waals surface area contributed by atoms with Gasteiger partial charge in [0.05, 0.1) is 16.5 Å². The van der Waals surface area contributed by atoms with Crippen LogP contribution in [0.15, 0.2) is 59.5 Å². The van der Waals surface area contributed by atoms with Crippen molar-refractivity contribution in [1.82, 2.24) is 4.57 Å². The molecule has 1 aromatic heterocycles. The van der Waals surface area contributed by atoms with Gasteiger partial charge < -0.3 is 9.67 Å². The van der Waals surface area contributed by atoms with Crippen LogP contribution < -0.4 is 5.43 Å². The van der Waals surface area contributed by atoms with Crippen molar-refractivity contribution < 1.29 is 9.90 Å². The number of hydrogen-bond donors (Lipinski definition) is 1. The summed E-state index contributed by atoms with van der Waals surface area (Å²) in [6, 6.07) is 14.2. The fraction of sp³-hybridized carbons (Fsp3) is 0. The zero-order valence-corrected chi connectivity index (χ0v) is 10.5. The van der Waals surface area contributed by atoms with Gasteiger partial charge in [-0.2, -0.15) is 0 Å². The third kappa shape index (κ3) is 1.78. The highest BCUT2D eigenvalue weighted by atomic mass is 16.3. The number of phenolic OH excluding ortho intramolecular Hbond substituents is 1. The van der Waals surface area contributed by atoms with Crippen LogP contribution in [0.3, 0.4) is 0 Å². The van der Waals surface area contributed by atoms with Crippen molar-refractivity contribution in [3.8, 4) is 11.4 Å². The lowest BCUT2D eigenvalue weighted by molar-refractivity contribution is 0.112. The van der Waals surface area contributed by atoms with Gasteiger partial charge in [0, 0.05) is 11.9 Å². The van der Waals surface area contributed by atoms with Gasteiger partial charge in [0.2, 0.25) is 5.43 Å².